The molecule has 0 aromatic heterocycles. The minimum Gasteiger partial charge on any atom is -0.271 e. The second-order valence-corrected chi connectivity index (χ2v) is 3.79. The lowest BCUT2D eigenvalue weighted by Crippen LogP contribution is -2.15. The third-order valence-electron chi connectivity index (χ3n) is 1.05. The molecule has 0 aromatic carbocycles. The first kappa shape index (κ1) is 13.2. The normalized spacial score (nSPS) is 13.2. The Morgan fingerprint density at radius 1 is 0.615 bits per heavy atom. The molecule has 0 saturated carbocycles. The smallest absolute Gasteiger partial charge is 0.224 e. The summed E-state index contributed by atoms with van der Waals surface area (Å²) in [7, 11) is 0. The maximum atomic E-state index is 5.37. The van der Waals surface area contributed by atoms with Gasteiger partial charge in [0.2, 0.25) is 11.2 Å². The first-order valence-corrected chi connectivity index (χ1v) is 5.98. The maximum Gasteiger partial charge on any atom is 0.224 e. The van der Waals surface area contributed by atoms with E-state index in [9.17, 15) is 0 Å². The molecule has 0 radical (unpaired) electrons. The first-order valence-electron chi connectivity index (χ1n) is 4.65. The van der Waals surface area contributed by atoms with Gasteiger partial charge in [-0.15, -0.1) is 0 Å². The van der Waals surface area contributed by atoms with Crippen LogP contribution in [0.5, 0.6) is 0 Å². The Bertz CT molecular complexity index is 91.2. The van der Waals surface area contributed by atoms with Crippen LogP contribution >= 0.6 is 11.2 Å². The molecule has 0 atom stereocenters. The molecule has 0 aliphatic carbocycles. The van der Waals surface area contributed by atoms with Crippen LogP contribution in [0.3, 0.4) is 0 Å². The highest BCUT2D eigenvalue weighted by atomic mass is 32.3. The zero-order chi connectivity index (χ0) is 10.2. The van der Waals surface area contributed by atoms with Gasteiger partial charge in [-0.3, -0.25) is 16.7 Å². The van der Waals surface area contributed by atoms with Crippen molar-refractivity contribution in [3.8, 4) is 0 Å². The predicted molar refractivity (Wildman–Crippen MR) is 54.1 cm³/mol. The van der Waals surface area contributed by atoms with Crippen LogP contribution in [0.2, 0.25) is 0 Å². The standard InChI is InChI=1S/C8H20O4S/c1-5-9-13(10-6-2,11-7-3)12-8-4/h5-8H2,1-4H3. The molecule has 0 amide bonds. The summed E-state index contributed by atoms with van der Waals surface area (Å²) in [5, 5.41) is 0. The van der Waals surface area contributed by atoms with Crippen molar-refractivity contribution in [3.63, 3.8) is 0 Å². The number of rotatable bonds is 8. The quantitative estimate of drug-likeness (QED) is 0.619. The van der Waals surface area contributed by atoms with Crippen LogP contribution in [0.15, 0.2) is 0 Å². The Balaban J connectivity index is 4.19. The molecule has 0 unspecified atom stereocenters. The predicted octanol–water partition coefficient (Wildman–Crippen LogP) is 2.60. The van der Waals surface area contributed by atoms with Crippen molar-refractivity contribution in [2.24, 2.45) is 0 Å². The molecule has 0 bridgehead atoms. The van der Waals surface area contributed by atoms with Gasteiger partial charge < -0.3 is 0 Å². The molecule has 82 valence electrons. The summed E-state index contributed by atoms with van der Waals surface area (Å²) in [6, 6.07) is 0. The average Bonchev–Trinajstić information content (AvgIpc) is 2.06. The fourth-order valence-electron chi connectivity index (χ4n) is 0.781. The summed E-state index contributed by atoms with van der Waals surface area (Å²) >= 11 is -2.20. The van der Waals surface area contributed by atoms with Gasteiger partial charge in [-0.25, -0.2) is 0 Å². The molecule has 0 heterocycles. The highest BCUT2D eigenvalue weighted by Gasteiger charge is 2.27. The Morgan fingerprint density at radius 3 is 1.00 bits per heavy atom. The summed E-state index contributed by atoms with van der Waals surface area (Å²) in [4.78, 5) is 0. The summed E-state index contributed by atoms with van der Waals surface area (Å²) in [6.07, 6.45) is 0. The second-order valence-electron chi connectivity index (χ2n) is 2.03. The first-order chi connectivity index (χ1) is 6.24. The van der Waals surface area contributed by atoms with Gasteiger partial charge in [-0.1, -0.05) is 0 Å². The topological polar surface area (TPSA) is 36.9 Å². The maximum absolute atomic E-state index is 5.37. The zero-order valence-corrected chi connectivity index (χ0v) is 9.69. The lowest BCUT2D eigenvalue weighted by molar-refractivity contribution is 0.105. The van der Waals surface area contributed by atoms with E-state index < -0.39 is 11.2 Å². The molecule has 4 nitrogen and oxygen atoms in total. The second kappa shape index (κ2) is 7.58. The van der Waals surface area contributed by atoms with Crippen molar-refractivity contribution in [2.75, 3.05) is 26.4 Å². The Kier molecular flexibility index (Phi) is 7.69. The number of hydrogen-bond acceptors (Lipinski definition) is 4. The molecular formula is C8H20O4S. The number of hydrogen-bond donors (Lipinski definition) is 0. The molecule has 0 aromatic rings. The summed E-state index contributed by atoms with van der Waals surface area (Å²) in [5.41, 5.74) is 0. The van der Waals surface area contributed by atoms with E-state index in [1.54, 1.807) is 0 Å². The fourth-order valence-corrected chi connectivity index (χ4v) is 2.34. The average molecular weight is 212 g/mol. The lowest BCUT2D eigenvalue weighted by Gasteiger charge is -2.34. The van der Waals surface area contributed by atoms with E-state index in [4.69, 9.17) is 16.7 Å². The molecule has 0 aliphatic heterocycles. The van der Waals surface area contributed by atoms with Crippen molar-refractivity contribution < 1.29 is 16.7 Å². The lowest BCUT2D eigenvalue weighted by atomic mass is 10.9. The Morgan fingerprint density at radius 2 is 0.846 bits per heavy atom. The van der Waals surface area contributed by atoms with Crippen LogP contribution in [0.4, 0.5) is 0 Å². The molecule has 0 saturated heterocycles. The molecule has 0 rings (SSSR count). The van der Waals surface area contributed by atoms with Gasteiger partial charge in [-0.2, -0.15) is 0 Å². The van der Waals surface area contributed by atoms with E-state index in [0.717, 1.165) is 0 Å². The van der Waals surface area contributed by atoms with Crippen LogP contribution in [0.25, 0.3) is 0 Å². The fraction of sp³-hybridized carbons (Fsp3) is 1.00. The molecular weight excluding hydrogens is 192 g/mol. The van der Waals surface area contributed by atoms with E-state index >= 15 is 0 Å². The minimum absolute atomic E-state index is 0.523. The molecule has 5 heteroatoms. The third kappa shape index (κ3) is 4.83. The van der Waals surface area contributed by atoms with Crippen LogP contribution < -0.4 is 0 Å². The molecule has 13 heavy (non-hydrogen) atoms. The highest BCUT2D eigenvalue weighted by molar-refractivity contribution is 8.17. The van der Waals surface area contributed by atoms with Crippen LogP contribution in [-0.2, 0) is 16.7 Å². The summed E-state index contributed by atoms with van der Waals surface area (Å²) in [6.45, 7) is 9.64. The van der Waals surface area contributed by atoms with E-state index in [2.05, 4.69) is 0 Å². The van der Waals surface area contributed by atoms with Crippen molar-refractivity contribution in [1.29, 1.82) is 0 Å². The van der Waals surface area contributed by atoms with Gasteiger partial charge in [0.1, 0.15) is 0 Å². The molecule has 0 spiro atoms. The van der Waals surface area contributed by atoms with E-state index in [-0.39, 0.29) is 0 Å². The van der Waals surface area contributed by atoms with Crippen molar-refractivity contribution in [2.45, 2.75) is 27.7 Å². The molecule has 0 fully saturated rings. The van der Waals surface area contributed by atoms with Gasteiger partial charge in [0, 0.05) is 0 Å². The van der Waals surface area contributed by atoms with Crippen molar-refractivity contribution >= 4 is 11.2 Å². The van der Waals surface area contributed by atoms with Gasteiger partial charge in [0.05, 0.1) is 26.4 Å². The molecule has 0 aliphatic rings. The van der Waals surface area contributed by atoms with E-state index in [1.807, 2.05) is 27.7 Å². The van der Waals surface area contributed by atoms with E-state index in [0.29, 0.717) is 26.4 Å². The van der Waals surface area contributed by atoms with Crippen LogP contribution in [-0.4, -0.2) is 26.4 Å². The molecule has 0 N–H and O–H groups in total. The van der Waals surface area contributed by atoms with Crippen molar-refractivity contribution in [1.82, 2.24) is 0 Å². The third-order valence-corrected chi connectivity index (χ3v) is 3.15. The SMILES string of the molecule is CCOS(OCC)(OCC)OCC. The largest absolute Gasteiger partial charge is 0.271 e. The van der Waals surface area contributed by atoms with Gasteiger partial charge >= 0.3 is 0 Å². The Hall–Kier alpha value is 0.190. The van der Waals surface area contributed by atoms with Gasteiger partial charge in [0.25, 0.3) is 0 Å². The van der Waals surface area contributed by atoms with Crippen LogP contribution in [0, 0.1) is 0 Å². The monoisotopic (exact) mass is 212 g/mol. The van der Waals surface area contributed by atoms with Gasteiger partial charge in [-0.05, 0) is 27.7 Å². The summed E-state index contributed by atoms with van der Waals surface area (Å²) in [5.74, 6) is 0. The zero-order valence-electron chi connectivity index (χ0n) is 8.87. The van der Waals surface area contributed by atoms with Gasteiger partial charge in [0.15, 0.2) is 0 Å². The minimum atomic E-state index is -2.20. The van der Waals surface area contributed by atoms with Crippen molar-refractivity contribution in [3.05, 3.63) is 0 Å². The van der Waals surface area contributed by atoms with Crippen LogP contribution in [0.1, 0.15) is 27.7 Å². The van der Waals surface area contributed by atoms with E-state index in [1.165, 1.54) is 0 Å². The highest BCUT2D eigenvalue weighted by Crippen LogP contribution is 2.52. The Labute approximate surface area is 82.6 Å². The summed E-state index contributed by atoms with van der Waals surface area (Å²) < 4.78 is 21.5.